The number of carbonyl (C=O) groups is 1. The number of nitriles is 1. The zero-order chi connectivity index (χ0) is 21.8. The molecule has 3 aromatic rings. The lowest BCUT2D eigenvalue weighted by Gasteiger charge is -2.35. The minimum absolute atomic E-state index is 0.172. The second-order valence-corrected chi connectivity index (χ2v) is 9.77. The third-order valence-corrected chi connectivity index (χ3v) is 6.91. The molecule has 162 valence electrons. The van der Waals surface area contributed by atoms with Crippen LogP contribution in [0.2, 0.25) is 0 Å². The average molecular weight is 457 g/mol. The van der Waals surface area contributed by atoms with Gasteiger partial charge < -0.3 is 14.6 Å². The molecule has 0 aromatic carbocycles. The van der Waals surface area contributed by atoms with Gasteiger partial charge in [0.15, 0.2) is 5.16 Å². The van der Waals surface area contributed by atoms with Crippen molar-refractivity contribution < 1.29 is 9.21 Å². The Bertz CT molecular complexity index is 1060. The summed E-state index contributed by atoms with van der Waals surface area (Å²) in [4.78, 5) is 14.7. The van der Waals surface area contributed by atoms with Crippen molar-refractivity contribution in [2.75, 3.05) is 29.1 Å². The molecule has 3 aromatic heterocycles. The standard InChI is InChI=1S/C21H24N6O2S2/c1-14-8-15(2)11-26(10-14)20-24-25-21(27(20)12-17-4-3-6-29-17)31-13-18(28)23-19-16(9-22)5-7-30-19/h3-7,14-15H,8,10-13H2,1-2H3,(H,23,28). The summed E-state index contributed by atoms with van der Waals surface area (Å²) in [7, 11) is 0. The summed E-state index contributed by atoms with van der Waals surface area (Å²) in [6.07, 6.45) is 2.86. The van der Waals surface area contributed by atoms with Crippen LogP contribution in [0, 0.1) is 23.2 Å². The van der Waals surface area contributed by atoms with Crippen LogP contribution < -0.4 is 10.2 Å². The molecule has 8 nitrogen and oxygen atoms in total. The van der Waals surface area contributed by atoms with E-state index in [9.17, 15) is 4.79 Å². The van der Waals surface area contributed by atoms with Crippen LogP contribution in [-0.2, 0) is 11.3 Å². The minimum atomic E-state index is -0.182. The Kier molecular flexibility index (Phi) is 6.63. The summed E-state index contributed by atoms with van der Waals surface area (Å²) in [5, 5.41) is 23.8. The topological polar surface area (TPSA) is 100.0 Å². The summed E-state index contributed by atoms with van der Waals surface area (Å²) in [5.41, 5.74) is 0.472. The first-order valence-electron chi connectivity index (χ1n) is 10.1. The molecule has 1 saturated heterocycles. The van der Waals surface area contributed by atoms with Gasteiger partial charge in [0.1, 0.15) is 16.8 Å². The molecular formula is C21H24N6O2S2. The van der Waals surface area contributed by atoms with E-state index in [4.69, 9.17) is 9.68 Å². The monoisotopic (exact) mass is 456 g/mol. The number of hydrogen-bond donors (Lipinski definition) is 1. The van der Waals surface area contributed by atoms with Gasteiger partial charge in [-0.1, -0.05) is 25.6 Å². The first-order chi connectivity index (χ1) is 15.0. The van der Waals surface area contributed by atoms with Gasteiger partial charge in [-0.05, 0) is 41.8 Å². The van der Waals surface area contributed by atoms with Gasteiger partial charge in [0.2, 0.25) is 11.9 Å². The number of carbonyl (C=O) groups excluding carboxylic acids is 1. The summed E-state index contributed by atoms with van der Waals surface area (Å²) >= 11 is 2.67. The molecule has 1 amide bonds. The van der Waals surface area contributed by atoms with Gasteiger partial charge in [-0.3, -0.25) is 9.36 Å². The van der Waals surface area contributed by atoms with Crippen LogP contribution in [0.3, 0.4) is 0 Å². The van der Waals surface area contributed by atoms with E-state index in [0.717, 1.165) is 24.8 Å². The van der Waals surface area contributed by atoms with Gasteiger partial charge in [-0.25, -0.2) is 0 Å². The molecule has 0 bridgehead atoms. The number of hydrogen-bond acceptors (Lipinski definition) is 8. The zero-order valence-electron chi connectivity index (χ0n) is 17.4. The fourth-order valence-electron chi connectivity index (χ4n) is 3.93. The summed E-state index contributed by atoms with van der Waals surface area (Å²) < 4.78 is 7.58. The van der Waals surface area contributed by atoms with E-state index in [-0.39, 0.29) is 11.7 Å². The molecule has 2 atom stereocenters. The smallest absolute Gasteiger partial charge is 0.235 e. The van der Waals surface area contributed by atoms with Crippen molar-refractivity contribution in [3.8, 4) is 6.07 Å². The molecule has 31 heavy (non-hydrogen) atoms. The van der Waals surface area contributed by atoms with Crippen molar-refractivity contribution in [3.63, 3.8) is 0 Å². The maximum absolute atomic E-state index is 12.5. The lowest BCUT2D eigenvalue weighted by atomic mass is 9.92. The highest BCUT2D eigenvalue weighted by Crippen LogP contribution is 2.29. The number of thiophene rings is 1. The molecule has 0 spiro atoms. The Balaban J connectivity index is 1.50. The van der Waals surface area contributed by atoms with Crippen LogP contribution in [0.4, 0.5) is 10.9 Å². The van der Waals surface area contributed by atoms with Crippen molar-refractivity contribution in [2.45, 2.75) is 32.0 Å². The zero-order valence-corrected chi connectivity index (χ0v) is 19.1. The average Bonchev–Trinajstić information content (AvgIpc) is 3.47. The molecule has 2 unspecified atom stereocenters. The van der Waals surface area contributed by atoms with Gasteiger partial charge in [0, 0.05) is 13.1 Å². The van der Waals surface area contributed by atoms with Crippen LogP contribution in [0.1, 0.15) is 31.6 Å². The number of thioether (sulfide) groups is 1. The normalized spacial score (nSPS) is 18.7. The number of rotatable bonds is 7. The number of amides is 1. The van der Waals surface area contributed by atoms with E-state index in [2.05, 4.69) is 40.3 Å². The van der Waals surface area contributed by atoms with Crippen LogP contribution in [-0.4, -0.2) is 39.5 Å². The molecule has 1 fully saturated rings. The molecular weight excluding hydrogens is 432 g/mol. The molecule has 1 aliphatic heterocycles. The fourth-order valence-corrected chi connectivity index (χ4v) is 5.42. The van der Waals surface area contributed by atoms with E-state index < -0.39 is 0 Å². The Labute approximate surface area is 189 Å². The first-order valence-corrected chi connectivity index (χ1v) is 12.0. The highest BCUT2D eigenvalue weighted by atomic mass is 32.2. The quantitative estimate of drug-likeness (QED) is 0.535. The number of nitrogens with one attached hydrogen (secondary N) is 1. The lowest BCUT2D eigenvalue weighted by Crippen LogP contribution is -2.40. The maximum atomic E-state index is 12.5. The van der Waals surface area contributed by atoms with Crippen molar-refractivity contribution in [1.82, 2.24) is 14.8 Å². The van der Waals surface area contributed by atoms with Crippen molar-refractivity contribution in [3.05, 3.63) is 41.2 Å². The number of nitrogens with zero attached hydrogens (tertiary/aromatic N) is 5. The maximum Gasteiger partial charge on any atom is 0.235 e. The predicted octanol–water partition coefficient (Wildman–Crippen LogP) is 4.07. The SMILES string of the molecule is CC1CC(C)CN(c2nnc(SCC(=O)Nc3sccc3C#N)n2Cc2ccco2)C1. The summed E-state index contributed by atoms with van der Waals surface area (Å²) in [6, 6.07) is 7.56. The second-order valence-electron chi connectivity index (χ2n) is 7.91. The first kappa shape index (κ1) is 21.5. The Morgan fingerprint density at radius 3 is 2.87 bits per heavy atom. The van der Waals surface area contributed by atoms with Gasteiger partial charge in [0.25, 0.3) is 0 Å². The molecule has 0 aliphatic carbocycles. The van der Waals surface area contributed by atoms with Crippen LogP contribution in [0.5, 0.6) is 0 Å². The van der Waals surface area contributed by atoms with E-state index in [1.54, 1.807) is 17.7 Å². The van der Waals surface area contributed by atoms with Gasteiger partial charge in [-0.2, -0.15) is 5.26 Å². The number of anilines is 2. The molecule has 0 radical (unpaired) electrons. The second kappa shape index (κ2) is 9.58. The molecule has 1 aliphatic rings. The van der Waals surface area contributed by atoms with E-state index >= 15 is 0 Å². The van der Waals surface area contributed by atoms with E-state index in [1.165, 1.54) is 29.5 Å². The van der Waals surface area contributed by atoms with E-state index in [1.807, 2.05) is 16.7 Å². The lowest BCUT2D eigenvalue weighted by molar-refractivity contribution is -0.113. The molecule has 4 rings (SSSR count). The minimum Gasteiger partial charge on any atom is -0.467 e. The number of aromatic nitrogens is 3. The molecule has 10 heteroatoms. The number of piperidine rings is 1. The van der Waals surface area contributed by atoms with Crippen molar-refractivity contribution in [2.24, 2.45) is 11.8 Å². The number of furan rings is 1. The Morgan fingerprint density at radius 2 is 2.16 bits per heavy atom. The molecule has 4 heterocycles. The molecule has 0 saturated carbocycles. The van der Waals surface area contributed by atoms with E-state index in [0.29, 0.717) is 34.1 Å². The molecule has 1 N–H and O–H groups in total. The largest absolute Gasteiger partial charge is 0.467 e. The fraction of sp³-hybridized carbons (Fsp3) is 0.429. The Morgan fingerprint density at radius 1 is 1.35 bits per heavy atom. The highest BCUT2D eigenvalue weighted by Gasteiger charge is 2.27. The third-order valence-electron chi connectivity index (χ3n) is 5.11. The van der Waals surface area contributed by atoms with Gasteiger partial charge in [-0.15, -0.1) is 21.5 Å². The summed E-state index contributed by atoms with van der Waals surface area (Å²) in [5.74, 6) is 2.77. The van der Waals surface area contributed by atoms with Crippen LogP contribution in [0.25, 0.3) is 0 Å². The van der Waals surface area contributed by atoms with Crippen LogP contribution >= 0.6 is 23.1 Å². The van der Waals surface area contributed by atoms with Crippen molar-refractivity contribution >= 4 is 40.0 Å². The van der Waals surface area contributed by atoms with Gasteiger partial charge >= 0.3 is 0 Å². The Hall–Kier alpha value is -2.77. The highest BCUT2D eigenvalue weighted by molar-refractivity contribution is 7.99. The van der Waals surface area contributed by atoms with Crippen molar-refractivity contribution in [1.29, 1.82) is 5.26 Å². The van der Waals surface area contributed by atoms with Crippen LogP contribution in [0.15, 0.2) is 39.4 Å². The van der Waals surface area contributed by atoms with Gasteiger partial charge in [0.05, 0.1) is 24.1 Å². The third kappa shape index (κ3) is 5.11. The predicted molar refractivity (Wildman–Crippen MR) is 121 cm³/mol. The summed E-state index contributed by atoms with van der Waals surface area (Å²) in [6.45, 7) is 6.89.